The molecule has 0 fully saturated rings. The molecule has 0 spiro atoms. The molecule has 14 heteroatoms. The number of unbranched alkanes of at least 4 members (excludes halogenated alkanes) is 1. The van der Waals surface area contributed by atoms with E-state index < -0.39 is 53.8 Å². The second-order valence-corrected chi connectivity index (χ2v) is 7.87. The number of carboxylic acids is 1. The first-order valence-corrected chi connectivity index (χ1v) is 10.9. The van der Waals surface area contributed by atoms with Gasteiger partial charge in [0.15, 0.2) is 0 Å². The second-order valence-electron chi connectivity index (χ2n) is 7.87. The summed E-state index contributed by atoms with van der Waals surface area (Å²) in [5.74, 6) is -4.00. The van der Waals surface area contributed by atoms with E-state index in [4.69, 9.17) is 17.2 Å². The van der Waals surface area contributed by atoms with Gasteiger partial charge in [-0.15, -0.1) is 0 Å². The monoisotopic (exact) mass is 482 g/mol. The molecular formula is C20H34N8O6. The summed E-state index contributed by atoms with van der Waals surface area (Å²) < 4.78 is 0. The van der Waals surface area contributed by atoms with Crippen molar-refractivity contribution < 1.29 is 29.1 Å². The molecule has 0 radical (unpaired) electrons. The fourth-order valence-corrected chi connectivity index (χ4v) is 2.99. The Labute approximate surface area is 196 Å². The van der Waals surface area contributed by atoms with Gasteiger partial charge in [-0.05, 0) is 39.2 Å². The summed E-state index contributed by atoms with van der Waals surface area (Å²) in [5.41, 5.74) is 17.1. The molecule has 1 aromatic rings. The predicted molar refractivity (Wildman–Crippen MR) is 121 cm³/mol. The lowest BCUT2D eigenvalue weighted by atomic mass is 10.1. The maximum atomic E-state index is 12.7. The van der Waals surface area contributed by atoms with E-state index in [1.54, 1.807) is 0 Å². The van der Waals surface area contributed by atoms with Crippen LogP contribution in [-0.2, 0) is 30.4 Å². The number of carboxylic acid groups (broad SMARTS) is 1. The van der Waals surface area contributed by atoms with E-state index in [0.717, 1.165) is 0 Å². The number of H-pyrrole nitrogens is 1. The Bertz CT molecular complexity index is 831. The molecule has 0 aromatic carbocycles. The highest BCUT2D eigenvalue weighted by atomic mass is 16.4. The Balaban J connectivity index is 2.74. The number of aromatic amines is 1. The molecule has 1 rings (SSSR count). The molecule has 34 heavy (non-hydrogen) atoms. The number of hydrogen-bond acceptors (Lipinski definition) is 8. The number of nitrogens with one attached hydrogen (secondary N) is 4. The van der Waals surface area contributed by atoms with Gasteiger partial charge in [-0.1, -0.05) is 0 Å². The molecule has 0 bridgehead atoms. The number of carbonyl (C=O) groups excluding carboxylic acids is 4. The van der Waals surface area contributed by atoms with Crippen LogP contribution in [0.3, 0.4) is 0 Å². The fraction of sp³-hybridized carbons (Fsp3) is 0.600. The molecule has 4 amide bonds. The van der Waals surface area contributed by atoms with Crippen LogP contribution in [0, 0.1) is 0 Å². The number of nitrogens with zero attached hydrogens (tertiary/aromatic N) is 1. The molecule has 11 N–H and O–H groups in total. The fourth-order valence-electron chi connectivity index (χ4n) is 2.99. The van der Waals surface area contributed by atoms with Crippen molar-refractivity contribution in [3.8, 4) is 0 Å². The van der Waals surface area contributed by atoms with Gasteiger partial charge in [0.05, 0.1) is 12.4 Å². The number of nitrogens with two attached hydrogens (primary N) is 3. The third kappa shape index (κ3) is 10.4. The number of carbonyl (C=O) groups is 5. The van der Waals surface area contributed by atoms with Gasteiger partial charge >= 0.3 is 5.97 Å². The number of aliphatic carboxylic acids is 1. The van der Waals surface area contributed by atoms with Gasteiger partial charge in [0.2, 0.25) is 23.6 Å². The van der Waals surface area contributed by atoms with Crippen molar-refractivity contribution in [1.82, 2.24) is 25.9 Å². The molecule has 4 unspecified atom stereocenters. The summed E-state index contributed by atoms with van der Waals surface area (Å²) in [6.07, 6.45) is 4.06. The van der Waals surface area contributed by atoms with Gasteiger partial charge < -0.3 is 43.2 Å². The summed E-state index contributed by atoms with van der Waals surface area (Å²) in [6, 6.07) is -4.45. The van der Waals surface area contributed by atoms with Crippen LogP contribution >= 0.6 is 0 Å². The minimum absolute atomic E-state index is 0.116. The Morgan fingerprint density at radius 3 is 2.26 bits per heavy atom. The van der Waals surface area contributed by atoms with Crippen LogP contribution in [0.1, 0.15) is 44.7 Å². The van der Waals surface area contributed by atoms with Crippen molar-refractivity contribution in [2.45, 2.75) is 69.6 Å². The SMILES string of the molecule is CC(NC(=O)C(CCC(N)=O)NC(=O)C(N)Cc1cnc[nH]1)C(=O)NC(CCCCN)C(=O)O. The molecule has 0 aliphatic heterocycles. The van der Waals surface area contributed by atoms with Gasteiger partial charge in [0.1, 0.15) is 18.1 Å². The van der Waals surface area contributed by atoms with Gasteiger partial charge in [-0.25, -0.2) is 9.78 Å². The summed E-state index contributed by atoms with van der Waals surface area (Å²) >= 11 is 0. The lowest BCUT2D eigenvalue weighted by Crippen LogP contribution is -2.56. The van der Waals surface area contributed by atoms with Crippen molar-refractivity contribution in [2.75, 3.05) is 6.54 Å². The largest absolute Gasteiger partial charge is 0.480 e. The first kappa shape index (κ1) is 28.5. The van der Waals surface area contributed by atoms with Crippen molar-refractivity contribution >= 4 is 29.6 Å². The Kier molecular flexibility index (Phi) is 12.2. The van der Waals surface area contributed by atoms with Gasteiger partial charge in [-0.2, -0.15) is 0 Å². The third-order valence-electron chi connectivity index (χ3n) is 4.96. The zero-order valence-electron chi connectivity index (χ0n) is 19.1. The zero-order valence-corrected chi connectivity index (χ0v) is 19.1. The summed E-state index contributed by atoms with van der Waals surface area (Å²) in [4.78, 5) is 66.9. The minimum Gasteiger partial charge on any atom is -0.480 e. The van der Waals surface area contributed by atoms with Crippen molar-refractivity contribution in [1.29, 1.82) is 0 Å². The number of hydrogen-bond donors (Lipinski definition) is 8. The van der Waals surface area contributed by atoms with E-state index in [1.165, 1.54) is 19.4 Å². The van der Waals surface area contributed by atoms with E-state index in [0.29, 0.717) is 25.1 Å². The van der Waals surface area contributed by atoms with E-state index in [9.17, 15) is 29.1 Å². The van der Waals surface area contributed by atoms with Crippen molar-refractivity contribution in [2.24, 2.45) is 17.2 Å². The van der Waals surface area contributed by atoms with Crippen molar-refractivity contribution in [3.63, 3.8) is 0 Å². The molecule has 1 heterocycles. The lowest BCUT2D eigenvalue weighted by Gasteiger charge is -2.23. The average Bonchev–Trinajstić information content (AvgIpc) is 3.28. The van der Waals surface area contributed by atoms with E-state index in [1.807, 2.05) is 0 Å². The predicted octanol–water partition coefficient (Wildman–Crippen LogP) is -2.77. The number of rotatable bonds is 16. The van der Waals surface area contributed by atoms with Gasteiger partial charge in [0, 0.05) is 24.7 Å². The molecule has 190 valence electrons. The number of primary amides is 1. The highest BCUT2D eigenvalue weighted by Crippen LogP contribution is 2.04. The van der Waals surface area contributed by atoms with Gasteiger partial charge in [0.25, 0.3) is 0 Å². The molecular weight excluding hydrogens is 448 g/mol. The van der Waals surface area contributed by atoms with Crippen LogP contribution in [0.2, 0.25) is 0 Å². The molecule has 0 saturated heterocycles. The van der Waals surface area contributed by atoms with E-state index in [-0.39, 0.29) is 25.7 Å². The van der Waals surface area contributed by atoms with Crippen LogP contribution in [0.15, 0.2) is 12.5 Å². The minimum atomic E-state index is -1.21. The smallest absolute Gasteiger partial charge is 0.326 e. The maximum absolute atomic E-state index is 12.7. The summed E-state index contributed by atoms with van der Waals surface area (Å²) in [5, 5.41) is 16.5. The first-order chi connectivity index (χ1) is 16.0. The Hall–Kier alpha value is -3.52. The summed E-state index contributed by atoms with van der Waals surface area (Å²) in [7, 11) is 0. The van der Waals surface area contributed by atoms with Crippen LogP contribution in [0.25, 0.3) is 0 Å². The maximum Gasteiger partial charge on any atom is 0.326 e. The van der Waals surface area contributed by atoms with Crippen LogP contribution in [0.4, 0.5) is 0 Å². The highest BCUT2D eigenvalue weighted by Gasteiger charge is 2.28. The third-order valence-corrected chi connectivity index (χ3v) is 4.96. The molecule has 1 aromatic heterocycles. The Morgan fingerprint density at radius 1 is 1.03 bits per heavy atom. The quantitative estimate of drug-likeness (QED) is 0.113. The Morgan fingerprint density at radius 2 is 1.71 bits per heavy atom. The normalized spacial score (nSPS) is 14.3. The van der Waals surface area contributed by atoms with Crippen molar-refractivity contribution in [3.05, 3.63) is 18.2 Å². The zero-order chi connectivity index (χ0) is 25.7. The number of amides is 4. The molecule has 0 saturated carbocycles. The molecule has 14 nitrogen and oxygen atoms in total. The molecule has 4 atom stereocenters. The average molecular weight is 483 g/mol. The first-order valence-electron chi connectivity index (χ1n) is 10.9. The van der Waals surface area contributed by atoms with Crippen LogP contribution < -0.4 is 33.2 Å². The summed E-state index contributed by atoms with van der Waals surface area (Å²) in [6.45, 7) is 1.76. The highest BCUT2D eigenvalue weighted by molar-refractivity contribution is 5.94. The second kappa shape index (κ2) is 14.6. The molecule has 0 aliphatic rings. The van der Waals surface area contributed by atoms with Gasteiger partial charge in [-0.3, -0.25) is 19.2 Å². The van der Waals surface area contributed by atoms with E-state index in [2.05, 4.69) is 25.9 Å². The number of imidazole rings is 1. The topological polar surface area (TPSA) is 248 Å². The van der Waals surface area contributed by atoms with Crippen LogP contribution in [-0.4, -0.2) is 75.4 Å². The van der Waals surface area contributed by atoms with Crippen LogP contribution in [0.5, 0.6) is 0 Å². The van der Waals surface area contributed by atoms with E-state index >= 15 is 0 Å². The lowest BCUT2D eigenvalue weighted by molar-refractivity contribution is -0.142. The number of aromatic nitrogens is 2. The molecule has 0 aliphatic carbocycles. The standard InChI is InChI=1S/C20H34N8O6/c1-11(17(30)28-15(20(33)34)4-2-3-7-21)26-19(32)14(5-6-16(23)29)27-18(31)13(22)8-12-9-24-10-25-12/h9-11,13-15H,2-8,21-22H2,1H3,(H2,23,29)(H,24,25)(H,26,32)(H,27,31)(H,28,30)(H,33,34).